The third-order valence-corrected chi connectivity index (χ3v) is 2.36. The maximum atomic E-state index is 10.6. The predicted molar refractivity (Wildman–Crippen MR) is 47.7 cm³/mol. The summed E-state index contributed by atoms with van der Waals surface area (Å²) in [6.45, 7) is 0. The van der Waals surface area contributed by atoms with Crippen molar-refractivity contribution >= 4 is 31.3 Å². The van der Waals surface area contributed by atoms with E-state index in [0.717, 1.165) is 0 Å². The van der Waals surface area contributed by atoms with Crippen molar-refractivity contribution in [2.24, 2.45) is 0 Å². The van der Waals surface area contributed by atoms with E-state index < -0.39 is 9.05 Å². The molecule has 6 heteroatoms. The van der Waals surface area contributed by atoms with Gasteiger partial charge in [0.1, 0.15) is 5.15 Å². The molecular weight excluding hydrogens is 221 g/mol. The van der Waals surface area contributed by atoms with Gasteiger partial charge in [0, 0.05) is 16.9 Å². The summed E-state index contributed by atoms with van der Waals surface area (Å²) >= 11 is 5.49. The fourth-order valence-corrected chi connectivity index (χ4v) is 1.75. The quantitative estimate of drug-likeness (QED) is 0.570. The van der Waals surface area contributed by atoms with Gasteiger partial charge < -0.3 is 0 Å². The average molecular weight is 226 g/mol. The maximum Gasteiger partial charge on any atom is 0.236 e. The topological polar surface area (TPSA) is 47.0 Å². The van der Waals surface area contributed by atoms with Gasteiger partial charge in [-0.1, -0.05) is 17.7 Å². The van der Waals surface area contributed by atoms with E-state index >= 15 is 0 Å². The molecule has 0 aliphatic carbocycles. The first kappa shape index (κ1) is 9.77. The van der Waals surface area contributed by atoms with Crippen LogP contribution in [0.2, 0.25) is 5.15 Å². The van der Waals surface area contributed by atoms with Crippen molar-refractivity contribution in [2.45, 2.75) is 5.75 Å². The Morgan fingerprint density at radius 1 is 1.42 bits per heavy atom. The number of rotatable bonds is 2. The Hall–Kier alpha value is -0.320. The molecule has 0 N–H and O–H groups in total. The summed E-state index contributed by atoms with van der Waals surface area (Å²) in [5.41, 5.74) is 0.523. The van der Waals surface area contributed by atoms with Crippen molar-refractivity contribution in [3.05, 3.63) is 29.0 Å². The smallest absolute Gasteiger partial charge is 0.236 e. The molecule has 0 bridgehead atoms. The van der Waals surface area contributed by atoms with E-state index in [9.17, 15) is 8.42 Å². The van der Waals surface area contributed by atoms with E-state index in [0.29, 0.717) is 10.7 Å². The Morgan fingerprint density at radius 3 is 2.50 bits per heavy atom. The lowest BCUT2D eigenvalue weighted by molar-refractivity contribution is 0.609. The van der Waals surface area contributed by atoms with Gasteiger partial charge in [0.25, 0.3) is 0 Å². The molecule has 1 aromatic rings. The van der Waals surface area contributed by atoms with Gasteiger partial charge in [-0.05, 0) is 11.6 Å². The summed E-state index contributed by atoms with van der Waals surface area (Å²) in [6.07, 6.45) is 1.38. The van der Waals surface area contributed by atoms with Crippen molar-refractivity contribution in [1.82, 2.24) is 4.98 Å². The van der Waals surface area contributed by atoms with Crippen LogP contribution in [-0.2, 0) is 14.8 Å². The van der Waals surface area contributed by atoms with E-state index in [2.05, 4.69) is 4.98 Å². The molecule has 0 aliphatic heterocycles. The monoisotopic (exact) mass is 225 g/mol. The van der Waals surface area contributed by atoms with Gasteiger partial charge in [0.05, 0.1) is 5.75 Å². The van der Waals surface area contributed by atoms with Gasteiger partial charge in [-0.2, -0.15) is 0 Å². The molecule has 0 aromatic carbocycles. The second-order valence-electron chi connectivity index (χ2n) is 2.17. The molecule has 0 saturated carbocycles. The minimum Gasteiger partial charge on any atom is -0.244 e. The summed E-state index contributed by atoms with van der Waals surface area (Å²) in [5.74, 6) is -0.223. The highest BCUT2D eigenvalue weighted by Gasteiger charge is 2.06. The maximum absolute atomic E-state index is 10.6. The second kappa shape index (κ2) is 3.60. The van der Waals surface area contributed by atoms with Crippen LogP contribution in [0.3, 0.4) is 0 Å². The average Bonchev–Trinajstić information content (AvgIpc) is 1.91. The summed E-state index contributed by atoms with van der Waals surface area (Å²) in [7, 11) is 1.52. The third kappa shape index (κ3) is 3.38. The molecule has 1 rings (SSSR count). The van der Waals surface area contributed by atoms with E-state index in [1.165, 1.54) is 12.3 Å². The largest absolute Gasteiger partial charge is 0.244 e. The van der Waals surface area contributed by atoms with Gasteiger partial charge in [0.2, 0.25) is 9.05 Å². The highest BCUT2D eigenvalue weighted by Crippen LogP contribution is 2.10. The summed E-state index contributed by atoms with van der Waals surface area (Å²) in [5, 5.41) is 0.325. The lowest BCUT2D eigenvalue weighted by atomic mass is 10.3. The fraction of sp³-hybridized carbons (Fsp3) is 0.167. The Balaban J connectivity index is 2.85. The molecule has 0 atom stereocenters. The molecule has 3 nitrogen and oxygen atoms in total. The lowest BCUT2D eigenvalue weighted by Gasteiger charge is -1.95. The molecule has 0 saturated heterocycles. The van der Waals surface area contributed by atoms with Crippen molar-refractivity contribution in [3.8, 4) is 0 Å². The molecule has 66 valence electrons. The number of aromatic nitrogens is 1. The van der Waals surface area contributed by atoms with Gasteiger partial charge in [-0.25, -0.2) is 13.4 Å². The fourth-order valence-electron chi connectivity index (χ4n) is 0.691. The molecule has 0 aliphatic rings. The second-order valence-corrected chi connectivity index (χ2v) is 5.34. The predicted octanol–water partition coefficient (Wildman–Crippen LogP) is 1.80. The molecular formula is C6H5Cl2NO2S. The van der Waals surface area contributed by atoms with Crippen LogP contribution < -0.4 is 0 Å². The minimum absolute atomic E-state index is 0.223. The van der Waals surface area contributed by atoms with E-state index in [4.69, 9.17) is 22.3 Å². The molecule has 1 aromatic heterocycles. The molecule has 0 amide bonds. The highest BCUT2D eigenvalue weighted by atomic mass is 35.7. The van der Waals surface area contributed by atoms with E-state index in [-0.39, 0.29) is 5.75 Å². The molecule has 0 radical (unpaired) electrons. The number of hydrogen-bond acceptors (Lipinski definition) is 3. The van der Waals surface area contributed by atoms with Crippen molar-refractivity contribution in [1.29, 1.82) is 0 Å². The molecule has 0 fully saturated rings. The van der Waals surface area contributed by atoms with Crippen molar-refractivity contribution in [2.75, 3.05) is 0 Å². The van der Waals surface area contributed by atoms with E-state index in [1.54, 1.807) is 6.07 Å². The molecule has 0 spiro atoms. The zero-order chi connectivity index (χ0) is 9.19. The Kier molecular flexibility index (Phi) is 2.93. The van der Waals surface area contributed by atoms with E-state index in [1.807, 2.05) is 0 Å². The van der Waals surface area contributed by atoms with Crippen molar-refractivity contribution in [3.63, 3.8) is 0 Å². The van der Waals surface area contributed by atoms with Crippen LogP contribution in [0.4, 0.5) is 0 Å². The summed E-state index contributed by atoms with van der Waals surface area (Å²) < 4.78 is 21.2. The van der Waals surface area contributed by atoms with Crippen LogP contribution in [-0.4, -0.2) is 13.4 Å². The Labute approximate surface area is 79.8 Å². The summed E-state index contributed by atoms with van der Waals surface area (Å²) in [6, 6.07) is 3.08. The number of halogens is 2. The SMILES string of the molecule is O=S(=O)(Cl)Cc1ccc(Cl)nc1. The highest BCUT2D eigenvalue weighted by molar-refractivity contribution is 8.13. The zero-order valence-electron chi connectivity index (χ0n) is 5.87. The summed E-state index contributed by atoms with van der Waals surface area (Å²) in [4.78, 5) is 3.71. The number of hydrogen-bond donors (Lipinski definition) is 0. The standard InChI is InChI=1S/C6H5Cl2NO2S/c7-6-2-1-5(3-9-6)4-12(8,10)11/h1-3H,4H2. The minimum atomic E-state index is -3.50. The molecule has 0 unspecified atom stereocenters. The molecule has 12 heavy (non-hydrogen) atoms. The number of nitrogens with zero attached hydrogens (tertiary/aromatic N) is 1. The van der Waals surface area contributed by atoms with Gasteiger partial charge in [-0.15, -0.1) is 0 Å². The van der Waals surface area contributed by atoms with Gasteiger partial charge in [0.15, 0.2) is 0 Å². The third-order valence-electron chi connectivity index (χ3n) is 1.13. The van der Waals surface area contributed by atoms with Crippen LogP contribution in [0, 0.1) is 0 Å². The first-order valence-electron chi connectivity index (χ1n) is 3.00. The van der Waals surface area contributed by atoms with Crippen LogP contribution in [0.15, 0.2) is 18.3 Å². The van der Waals surface area contributed by atoms with Crippen LogP contribution >= 0.6 is 22.3 Å². The number of pyridine rings is 1. The molecule has 1 heterocycles. The van der Waals surface area contributed by atoms with Gasteiger partial charge >= 0.3 is 0 Å². The Bertz CT molecular complexity index is 360. The van der Waals surface area contributed by atoms with Crippen LogP contribution in [0.1, 0.15) is 5.56 Å². The Morgan fingerprint density at radius 2 is 2.08 bits per heavy atom. The normalized spacial score (nSPS) is 11.5. The first-order valence-corrected chi connectivity index (χ1v) is 5.86. The van der Waals surface area contributed by atoms with Gasteiger partial charge in [-0.3, -0.25) is 0 Å². The lowest BCUT2D eigenvalue weighted by Crippen LogP contribution is -1.95. The van der Waals surface area contributed by atoms with Crippen molar-refractivity contribution < 1.29 is 8.42 Å². The first-order chi connectivity index (χ1) is 5.47. The van der Waals surface area contributed by atoms with Crippen LogP contribution in [0.5, 0.6) is 0 Å². The van der Waals surface area contributed by atoms with Crippen LogP contribution in [0.25, 0.3) is 0 Å². The zero-order valence-corrected chi connectivity index (χ0v) is 8.20.